The van der Waals surface area contributed by atoms with Gasteiger partial charge in [-0.25, -0.2) is 8.78 Å². The highest BCUT2D eigenvalue weighted by Crippen LogP contribution is 2.30. The highest BCUT2D eigenvalue weighted by Gasteiger charge is 2.21. The molecule has 1 atom stereocenters. The molecule has 1 N–H and O–H groups in total. The van der Waals surface area contributed by atoms with Crippen LogP contribution in [0, 0.1) is 11.6 Å². The van der Waals surface area contributed by atoms with E-state index in [-0.39, 0.29) is 5.56 Å². The Morgan fingerprint density at radius 3 is 2.35 bits per heavy atom. The van der Waals surface area contributed by atoms with E-state index in [1.54, 1.807) is 24.3 Å². The zero-order chi connectivity index (χ0) is 14.1. The molecule has 2 nitrogen and oxygen atoms in total. The van der Waals surface area contributed by atoms with E-state index < -0.39 is 17.7 Å². The Morgan fingerprint density at radius 2 is 1.60 bits per heavy atom. The number of hydrogen-bond donors (Lipinski definition) is 1. The largest absolute Gasteiger partial charge is 0.383 e. The predicted molar refractivity (Wildman–Crippen MR) is 72.2 cm³/mol. The summed E-state index contributed by atoms with van der Waals surface area (Å²) >= 11 is 0. The van der Waals surface area contributed by atoms with Crippen molar-refractivity contribution in [1.29, 1.82) is 0 Å². The molecular weight excluding hydrogens is 260 g/mol. The first kappa shape index (κ1) is 12.7. The van der Waals surface area contributed by atoms with Crippen LogP contribution in [-0.4, -0.2) is 10.1 Å². The van der Waals surface area contributed by atoms with Gasteiger partial charge in [0.2, 0.25) is 0 Å². The molecule has 2 aromatic carbocycles. The molecule has 0 aliphatic carbocycles. The van der Waals surface area contributed by atoms with Gasteiger partial charge in [-0.05, 0) is 29.8 Å². The second-order valence-corrected chi connectivity index (χ2v) is 4.46. The molecule has 0 amide bonds. The molecule has 0 radical (unpaired) electrons. The molecule has 100 valence electrons. The van der Waals surface area contributed by atoms with Crippen LogP contribution < -0.4 is 0 Å². The lowest BCUT2D eigenvalue weighted by Crippen LogP contribution is -2.06. The third-order valence-electron chi connectivity index (χ3n) is 3.25. The van der Waals surface area contributed by atoms with Crippen LogP contribution in [0.15, 0.2) is 54.7 Å². The highest BCUT2D eigenvalue weighted by molar-refractivity contribution is 5.82. The monoisotopic (exact) mass is 271 g/mol. The standard InChI is InChI=1S/C16H11F2NO/c17-12-5-3-6-13(18)15(12)16(20)11-8-9-19-14-7-2-1-4-10(11)14/h1-9,16,20H. The number of benzene rings is 2. The second-order valence-electron chi connectivity index (χ2n) is 4.46. The van der Waals surface area contributed by atoms with E-state index in [9.17, 15) is 13.9 Å². The van der Waals surface area contributed by atoms with Crippen molar-refractivity contribution >= 4 is 10.9 Å². The fraction of sp³-hybridized carbons (Fsp3) is 0.0625. The van der Waals surface area contributed by atoms with Gasteiger partial charge in [0.1, 0.15) is 17.7 Å². The molecule has 20 heavy (non-hydrogen) atoms. The first-order chi connectivity index (χ1) is 9.68. The summed E-state index contributed by atoms with van der Waals surface area (Å²) in [4.78, 5) is 4.16. The van der Waals surface area contributed by atoms with Gasteiger partial charge in [0.15, 0.2) is 0 Å². The summed E-state index contributed by atoms with van der Waals surface area (Å²) in [5.41, 5.74) is 0.754. The summed E-state index contributed by atoms with van der Waals surface area (Å²) in [6.45, 7) is 0. The van der Waals surface area contributed by atoms with Crippen molar-refractivity contribution in [3.63, 3.8) is 0 Å². The first-order valence-electron chi connectivity index (χ1n) is 6.14. The summed E-state index contributed by atoms with van der Waals surface area (Å²) in [6, 6.07) is 12.2. The fourth-order valence-corrected chi connectivity index (χ4v) is 2.28. The quantitative estimate of drug-likeness (QED) is 0.772. The van der Waals surface area contributed by atoms with Crippen molar-refractivity contribution < 1.29 is 13.9 Å². The van der Waals surface area contributed by atoms with E-state index >= 15 is 0 Å². The number of nitrogens with zero attached hydrogens (tertiary/aromatic N) is 1. The van der Waals surface area contributed by atoms with E-state index in [2.05, 4.69) is 4.98 Å². The molecule has 0 saturated carbocycles. The maximum absolute atomic E-state index is 13.8. The van der Waals surface area contributed by atoms with Crippen molar-refractivity contribution in [3.8, 4) is 0 Å². The molecule has 3 rings (SSSR count). The Labute approximate surface area is 114 Å². The van der Waals surface area contributed by atoms with Crippen LogP contribution in [0.5, 0.6) is 0 Å². The Balaban J connectivity index is 2.21. The Kier molecular flexibility index (Phi) is 3.16. The van der Waals surface area contributed by atoms with Crippen LogP contribution in [0.2, 0.25) is 0 Å². The third kappa shape index (κ3) is 2.04. The Bertz CT molecular complexity index is 748. The van der Waals surface area contributed by atoms with E-state index in [0.29, 0.717) is 16.5 Å². The Morgan fingerprint density at radius 1 is 0.900 bits per heavy atom. The van der Waals surface area contributed by atoms with E-state index in [0.717, 1.165) is 12.1 Å². The van der Waals surface area contributed by atoms with Crippen molar-refractivity contribution in [2.24, 2.45) is 0 Å². The highest BCUT2D eigenvalue weighted by atomic mass is 19.1. The normalized spacial score (nSPS) is 12.6. The van der Waals surface area contributed by atoms with Crippen LogP contribution in [0.4, 0.5) is 8.78 Å². The first-order valence-corrected chi connectivity index (χ1v) is 6.14. The van der Waals surface area contributed by atoms with Crippen molar-refractivity contribution in [3.05, 3.63) is 77.5 Å². The zero-order valence-corrected chi connectivity index (χ0v) is 10.4. The molecule has 1 heterocycles. The Hall–Kier alpha value is -2.33. The minimum absolute atomic E-state index is 0.344. The molecule has 1 unspecified atom stereocenters. The van der Waals surface area contributed by atoms with Crippen molar-refractivity contribution in [2.75, 3.05) is 0 Å². The summed E-state index contributed by atoms with van der Waals surface area (Å²) in [5, 5.41) is 11.0. The number of halogens is 2. The average molecular weight is 271 g/mol. The second kappa shape index (κ2) is 4.98. The average Bonchev–Trinajstić information content (AvgIpc) is 2.46. The van der Waals surface area contributed by atoms with Gasteiger partial charge in [0, 0.05) is 11.6 Å². The third-order valence-corrected chi connectivity index (χ3v) is 3.25. The van der Waals surface area contributed by atoms with Gasteiger partial charge in [-0.2, -0.15) is 0 Å². The number of para-hydroxylation sites is 1. The molecule has 3 aromatic rings. The summed E-state index contributed by atoms with van der Waals surface area (Å²) in [6.07, 6.45) is 0.142. The van der Waals surface area contributed by atoms with Crippen LogP contribution in [0.25, 0.3) is 10.9 Å². The molecular formula is C16H11F2NO. The molecule has 1 aromatic heterocycles. The summed E-state index contributed by atoms with van der Waals surface area (Å²) in [7, 11) is 0. The topological polar surface area (TPSA) is 33.1 Å². The maximum atomic E-state index is 13.8. The van der Waals surface area contributed by atoms with Crippen LogP contribution in [-0.2, 0) is 0 Å². The van der Waals surface area contributed by atoms with Gasteiger partial charge in [0.05, 0.1) is 11.1 Å². The molecule has 0 bridgehead atoms. The lowest BCUT2D eigenvalue weighted by atomic mass is 9.97. The zero-order valence-electron chi connectivity index (χ0n) is 10.4. The van der Waals surface area contributed by atoms with Gasteiger partial charge in [-0.15, -0.1) is 0 Å². The molecule has 0 saturated heterocycles. The van der Waals surface area contributed by atoms with E-state index in [1.807, 2.05) is 6.07 Å². The minimum atomic E-state index is -1.37. The number of rotatable bonds is 2. The van der Waals surface area contributed by atoms with Crippen molar-refractivity contribution in [2.45, 2.75) is 6.10 Å². The number of pyridine rings is 1. The molecule has 0 aliphatic heterocycles. The predicted octanol–water partition coefficient (Wildman–Crippen LogP) is 3.59. The van der Waals surface area contributed by atoms with Gasteiger partial charge in [-0.1, -0.05) is 24.3 Å². The van der Waals surface area contributed by atoms with E-state index in [4.69, 9.17) is 0 Å². The molecule has 4 heteroatoms. The van der Waals surface area contributed by atoms with Gasteiger partial charge in [0.25, 0.3) is 0 Å². The molecule has 0 aliphatic rings. The number of aromatic nitrogens is 1. The van der Waals surface area contributed by atoms with Crippen LogP contribution in [0.1, 0.15) is 17.2 Å². The number of fused-ring (bicyclic) bond motifs is 1. The molecule has 0 fully saturated rings. The summed E-state index contributed by atoms with van der Waals surface area (Å²) < 4.78 is 27.5. The smallest absolute Gasteiger partial charge is 0.132 e. The van der Waals surface area contributed by atoms with E-state index in [1.165, 1.54) is 12.3 Å². The SMILES string of the molecule is OC(c1c(F)cccc1F)c1ccnc2ccccc12. The van der Waals surface area contributed by atoms with Gasteiger partial charge in [-0.3, -0.25) is 4.98 Å². The minimum Gasteiger partial charge on any atom is -0.383 e. The number of aliphatic hydroxyl groups is 1. The summed E-state index contributed by atoms with van der Waals surface area (Å²) in [5.74, 6) is -1.53. The maximum Gasteiger partial charge on any atom is 0.132 e. The lowest BCUT2D eigenvalue weighted by Gasteiger charge is -2.15. The van der Waals surface area contributed by atoms with Crippen molar-refractivity contribution in [1.82, 2.24) is 4.98 Å². The number of aliphatic hydroxyl groups excluding tert-OH is 1. The van der Waals surface area contributed by atoms with Gasteiger partial charge >= 0.3 is 0 Å². The van der Waals surface area contributed by atoms with Crippen LogP contribution >= 0.6 is 0 Å². The molecule has 0 spiro atoms. The van der Waals surface area contributed by atoms with Crippen LogP contribution in [0.3, 0.4) is 0 Å². The van der Waals surface area contributed by atoms with Gasteiger partial charge < -0.3 is 5.11 Å². The number of hydrogen-bond acceptors (Lipinski definition) is 2. The lowest BCUT2D eigenvalue weighted by molar-refractivity contribution is 0.210. The fourth-order valence-electron chi connectivity index (χ4n) is 2.28.